The van der Waals surface area contributed by atoms with Crippen LogP contribution in [0, 0.1) is 6.92 Å². The van der Waals surface area contributed by atoms with E-state index in [1.165, 1.54) is 11.8 Å². The quantitative estimate of drug-likeness (QED) is 0.601. The third-order valence-electron chi connectivity index (χ3n) is 3.96. The Morgan fingerprint density at radius 3 is 2.56 bits per heavy atom. The van der Waals surface area contributed by atoms with Crippen LogP contribution in [0.5, 0.6) is 11.5 Å². The minimum atomic E-state index is -0.0693. The molecule has 0 spiro atoms. The normalized spacial score (nSPS) is 10.6. The Morgan fingerprint density at radius 1 is 1.11 bits per heavy atom. The molecule has 0 fully saturated rings. The number of nitrogens with one attached hydrogen (secondary N) is 1. The highest BCUT2D eigenvalue weighted by Crippen LogP contribution is 2.27. The van der Waals surface area contributed by atoms with Crippen LogP contribution in [0.1, 0.15) is 12.5 Å². The van der Waals surface area contributed by atoms with Gasteiger partial charge >= 0.3 is 0 Å². The molecule has 0 saturated heterocycles. The molecule has 1 aromatic heterocycles. The summed E-state index contributed by atoms with van der Waals surface area (Å²) in [5, 5.41) is 4.77. The van der Waals surface area contributed by atoms with Gasteiger partial charge in [-0.2, -0.15) is 0 Å². The summed E-state index contributed by atoms with van der Waals surface area (Å²) in [6.07, 6.45) is 0. The maximum Gasteiger partial charge on any atom is 0.234 e. The number of aryl methyl sites for hydroxylation is 1. The van der Waals surface area contributed by atoms with Crippen LogP contribution < -0.4 is 14.8 Å². The molecule has 3 rings (SSSR count). The van der Waals surface area contributed by atoms with Crippen molar-refractivity contribution in [1.29, 1.82) is 0 Å². The second-order valence-electron chi connectivity index (χ2n) is 5.96. The van der Waals surface area contributed by atoms with Crippen LogP contribution in [0.4, 0.5) is 5.69 Å². The van der Waals surface area contributed by atoms with E-state index in [-0.39, 0.29) is 5.91 Å². The van der Waals surface area contributed by atoms with Gasteiger partial charge in [0, 0.05) is 11.1 Å². The highest BCUT2D eigenvalue weighted by molar-refractivity contribution is 8.00. The number of pyridine rings is 1. The smallest absolute Gasteiger partial charge is 0.234 e. The van der Waals surface area contributed by atoms with Gasteiger partial charge in [0.1, 0.15) is 16.5 Å². The van der Waals surface area contributed by atoms with Gasteiger partial charge in [0.25, 0.3) is 0 Å². The predicted molar refractivity (Wildman–Crippen MR) is 110 cm³/mol. The minimum absolute atomic E-state index is 0.0693. The van der Waals surface area contributed by atoms with Gasteiger partial charge in [-0.05, 0) is 67.9 Å². The lowest BCUT2D eigenvalue weighted by molar-refractivity contribution is -0.113. The van der Waals surface area contributed by atoms with Gasteiger partial charge < -0.3 is 14.8 Å². The molecule has 6 heteroatoms. The maximum absolute atomic E-state index is 12.2. The number of rotatable bonds is 7. The van der Waals surface area contributed by atoms with Crippen molar-refractivity contribution < 1.29 is 14.3 Å². The van der Waals surface area contributed by atoms with Crippen molar-refractivity contribution in [3.63, 3.8) is 0 Å². The van der Waals surface area contributed by atoms with Crippen molar-refractivity contribution in [3.05, 3.63) is 54.1 Å². The Kier molecular flexibility index (Phi) is 6.19. The van der Waals surface area contributed by atoms with Gasteiger partial charge in [-0.3, -0.25) is 4.79 Å². The maximum atomic E-state index is 12.2. The number of thioether (sulfide) groups is 1. The van der Waals surface area contributed by atoms with Crippen LogP contribution in [-0.2, 0) is 4.79 Å². The van der Waals surface area contributed by atoms with Gasteiger partial charge in [0.2, 0.25) is 5.91 Å². The number of hydrogen-bond donors (Lipinski definition) is 1. The van der Waals surface area contributed by atoms with Crippen LogP contribution in [0.3, 0.4) is 0 Å². The van der Waals surface area contributed by atoms with Gasteiger partial charge in [-0.15, -0.1) is 0 Å². The summed E-state index contributed by atoms with van der Waals surface area (Å²) >= 11 is 1.43. The number of ether oxygens (including phenoxy) is 2. The van der Waals surface area contributed by atoms with E-state index >= 15 is 0 Å². The summed E-state index contributed by atoms with van der Waals surface area (Å²) in [7, 11) is 1.65. The van der Waals surface area contributed by atoms with Crippen molar-refractivity contribution >= 4 is 34.3 Å². The summed E-state index contributed by atoms with van der Waals surface area (Å²) in [4.78, 5) is 16.9. The number of anilines is 1. The molecule has 0 aliphatic heterocycles. The largest absolute Gasteiger partial charge is 0.497 e. The van der Waals surface area contributed by atoms with Gasteiger partial charge in [0.05, 0.1) is 25.0 Å². The number of fused-ring (bicyclic) bond motifs is 1. The number of methoxy groups -OCH3 is 1. The highest BCUT2D eigenvalue weighted by atomic mass is 32.2. The van der Waals surface area contributed by atoms with E-state index < -0.39 is 0 Å². The van der Waals surface area contributed by atoms with E-state index in [9.17, 15) is 4.79 Å². The number of carbonyl (C=O) groups is 1. The van der Waals surface area contributed by atoms with Crippen molar-refractivity contribution in [3.8, 4) is 11.5 Å². The van der Waals surface area contributed by atoms with Gasteiger partial charge in [-0.1, -0.05) is 11.8 Å². The van der Waals surface area contributed by atoms with Crippen LogP contribution in [0.25, 0.3) is 10.9 Å². The van der Waals surface area contributed by atoms with E-state index in [0.29, 0.717) is 12.4 Å². The first-order chi connectivity index (χ1) is 13.1. The topological polar surface area (TPSA) is 60.5 Å². The molecule has 0 saturated carbocycles. The third kappa shape index (κ3) is 4.92. The summed E-state index contributed by atoms with van der Waals surface area (Å²) in [6, 6.07) is 15.2. The number of hydrogen-bond acceptors (Lipinski definition) is 5. The van der Waals surface area contributed by atoms with E-state index in [1.807, 2.05) is 56.3 Å². The van der Waals surface area contributed by atoms with E-state index in [1.54, 1.807) is 7.11 Å². The van der Waals surface area contributed by atoms with Gasteiger partial charge in [0.15, 0.2) is 0 Å². The Balaban J connectivity index is 1.63. The highest BCUT2D eigenvalue weighted by Gasteiger charge is 2.09. The van der Waals surface area contributed by atoms with E-state index in [2.05, 4.69) is 16.4 Å². The first-order valence-corrected chi connectivity index (χ1v) is 9.68. The van der Waals surface area contributed by atoms with Crippen LogP contribution in [0.2, 0.25) is 0 Å². The SMILES string of the molecule is CCOc1ccc(NC(=O)CSc2nc3ccc(OC)cc3cc2C)cc1. The monoisotopic (exact) mass is 382 g/mol. The lowest BCUT2D eigenvalue weighted by atomic mass is 10.1. The number of nitrogens with zero attached hydrogens (tertiary/aromatic N) is 1. The molecule has 2 aromatic carbocycles. The van der Waals surface area contributed by atoms with E-state index in [0.717, 1.165) is 38.7 Å². The molecule has 140 valence electrons. The zero-order valence-corrected chi connectivity index (χ0v) is 16.4. The molecule has 1 heterocycles. The van der Waals surface area contributed by atoms with Crippen molar-refractivity contribution in [2.45, 2.75) is 18.9 Å². The molecule has 0 radical (unpaired) electrons. The second-order valence-corrected chi connectivity index (χ2v) is 6.93. The fourth-order valence-electron chi connectivity index (χ4n) is 2.65. The standard InChI is InChI=1S/C21H22N2O3S/c1-4-26-17-7-5-16(6-8-17)22-20(24)13-27-21-14(2)11-15-12-18(25-3)9-10-19(15)23-21/h5-12H,4,13H2,1-3H3,(H,22,24). The molecule has 1 N–H and O–H groups in total. The lowest BCUT2D eigenvalue weighted by Crippen LogP contribution is -2.14. The first-order valence-electron chi connectivity index (χ1n) is 8.70. The van der Waals surface area contributed by atoms with Gasteiger partial charge in [-0.25, -0.2) is 4.98 Å². The molecule has 0 aliphatic rings. The van der Waals surface area contributed by atoms with Crippen LogP contribution in [-0.4, -0.2) is 30.4 Å². The molecule has 0 unspecified atom stereocenters. The van der Waals surface area contributed by atoms with Crippen molar-refractivity contribution in [1.82, 2.24) is 4.98 Å². The zero-order valence-electron chi connectivity index (χ0n) is 15.6. The number of amides is 1. The Hall–Kier alpha value is -2.73. The predicted octanol–water partition coefficient (Wildman–Crippen LogP) is 4.68. The van der Waals surface area contributed by atoms with Crippen molar-refractivity contribution in [2.75, 3.05) is 24.8 Å². The lowest BCUT2D eigenvalue weighted by Gasteiger charge is -2.09. The molecular weight excluding hydrogens is 360 g/mol. The fraction of sp³-hybridized carbons (Fsp3) is 0.238. The molecule has 27 heavy (non-hydrogen) atoms. The Morgan fingerprint density at radius 2 is 1.85 bits per heavy atom. The molecular formula is C21H22N2O3S. The van der Waals surface area contributed by atoms with Crippen LogP contribution >= 0.6 is 11.8 Å². The summed E-state index contributed by atoms with van der Waals surface area (Å²) in [5.74, 6) is 1.82. The molecule has 5 nitrogen and oxygen atoms in total. The Bertz CT molecular complexity index is 942. The molecule has 3 aromatic rings. The molecule has 0 aliphatic carbocycles. The van der Waals surface area contributed by atoms with Crippen molar-refractivity contribution in [2.24, 2.45) is 0 Å². The summed E-state index contributed by atoms with van der Waals surface area (Å²) in [6.45, 7) is 4.55. The van der Waals surface area contributed by atoms with E-state index in [4.69, 9.17) is 9.47 Å². The summed E-state index contributed by atoms with van der Waals surface area (Å²) < 4.78 is 10.7. The van der Waals surface area contributed by atoms with Crippen LogP contribution in [0.15, 0.2) is 53.6 Å². The average molecular weight is 382 g/mol. The Labute approximate surface area is 163 Å². The third-order valence-corrected chi connectivity index (χ3v) is 5.05. The molecule has 0 bridgehead atoms. The molecule has 1 amide bonds. The number of aromatic nitrogens is 1. The number of carbonyl (C=O) groups excluding carboxylic acids is 1. The average Bonchev–Trinajstić information content (AvgIpc) is 2.67. The second kappa shape index (κ2) is 8.77. The molecule has 0 atom stereocenters. The minimum Gasteiger partial charge on any atom is -0.497 e. The number of benzene rings is 2. The first kappa shape index (κ1) is 19.0. The zero-order chi connectivity index (χ0) is 19.2. The fourth-order valence-corrected chi connectivity index (χ4v) is 3.44. The summed E-state index contributed by atoms with van der Waals surface area (Å²) in [5.41, 5.74) is 2.67.